The molecule has 2 rings (SSSR count). The van der Waals surface area contributed by atoms with Gasteiger partial charge >= 0.3 is 0 Å². The molecule has 1 aromatic rings. The fourth-order valence-corrected chi connectivity index (χ4v) is 2.27. The fourth-order valence-electron chi connectivity index (χ4n) is 1.86. The van der Waals surface area contributed by atoms with E-state index in [-0.39, 0.29) is 5.82 Å². The zero-order valence-electron chi connectivity index (χ0n) is 9.01. The van der Waals surface area contributed by atoms with Gasteiger partial charge in [-0.15, -0.1) is 0 Å². The van der Waals surface area contributed by atoms with Gasteiger partial charge in [0.15, 0.2) is 0 Å². The van der Waals surface area contributed by atoms with Gasteiger partial charge in [0.2, 0.25) is 0 Å². The summed E-state index contributed by atoms with van der Waals surface area (Å²) in [5.41, 5.74) is 0.604. The molecule has 0 spiro atoms. The first-order chi connectivity index (χ1) is 7.75. The molecule has 1 fully saturated rings. The smallest absolute Gasteiger partial charge is 0.128 e. The SMILES string of the molecule is Fc1ccc(Br)cc1COCC1CCCN1. The van der Waals surface area contributed by atoms with E-state index >= 15 is 0 Å². The van der Waals surface area contributed by atoms with Gasteiger partial charge in [-0.25, -0.2) is 4.39 Å². The van der Waals surface area contributed by atoms with Gasteiger partial charge in [0.25, 0.3) is 0 Å². The summed E-state index contributed by atoms with van der Waals surface area (Å²) in [4.78, 5) is 0. The Morgan fingerprint density at radius 3 is 3.12 bits per heavy atom. The Bertz CT molecular complexity index is 353. The lowest BCUT2D eigenvalue weighted by Crippen LogP contribution is -2.26. The summed E-state index contributed by atoms with van der Waals surface area (Å²) in [6.07, 6.45) is 2.36. The van der Waals surface area contributed by atoms with Crippen molar-refractivity contribution in [1.82, 2.24) is 5.32 Å². The Morgan fingerprint density at radius 1 is 1.50 bits per heavy atom. The summed E-state index contributed by atoms with van der Waals surface area (Å²) in [5, 5.41) is 3.34. The van der Waals surface area contributed by atoms with Crippen molar-refractivity contribution in [2.45, 2.75) is 25.5 Å². The molecule has 0 aromatic heterocycles. The number of hydrogen-bond acceptors (Lipinski definition) is 2. The summed E-state index contributed by atoms with van der Waals surface area (Å²) in [6, 6.07) is 5.35. The van der Waals surface area contributed by atoms with Crippen molar-refractivity contribution in [2.75, 3.05) is 13.2 Å². The van der Waals surface area contributed by atoms with Crippen molar-refractivity contribution in [1.29, 1.82) is 0 Å². The molecule has 16 heavy (non-hydrogen) atoms. The van der Waals surface area contributed by atoms with Crippen molar-refractivity contribution < 1.29 is 9.13 Å². The lowest BCUT2D eigenvalue weighted by atomic mass is 10.2. The lowest BCUT2D eigenvalue weighted by molar-refractivity contribution is 0.101. The first-order valence-electron chi connectivity index (χ1n) is 5.51. The molecule has 1 heterocycles. The second-order valence-electron chi connectivity index (χ2n) is 4.04. The van der Waals surface area contributed by atoms with Crippen LogP contribution in [0.5, 0.6) is 0 Å². The van der Waals surface area contributed by atoms with Crippen LogP contribution in [0, 0.1) is 5.82 Å². The summed E-state index contributed by atoms with van der Waals surface area (Å²) in [6.45, 7) is 2.06. The first kappa shape index (κ1) is 12.0. The zero-order chi connectivity index (χ0) is 11.4. The van der Waals surface area contributed by atoms with E-state index in [1.165, 1.54) is 12.5 Å². The molecule has 2 nitrogen and oxygen atoms in total. The van der Waals surface area contributed by atoms with Gasteiger partial charge in [0.05, 0.1) is 13.2 Å². The minimum absolute atomic E-state index is 0.206. The standard InChI is InChI=1S/C12H15BrFNO/c13-10-3-4-12(14)9(6-10)7-16-8-11-2-1-5-15-11/h3-4,6,11,15H,1-2,5,7-8H2. The van der Waals surface area contributed by atoms with Gasteiger partial charge in [0.1, 0.15) is 5.82 Å². The monoisotopic (exact) mass is 287 g/mol. The Kier molecular flexibility index (Phi) is 4.32. The molecule has 1 aromatic carbocycles. The van der Waals surface area contributed by atoms with Gasteiger partial charge < -0.3 is 10.1 Å². The van der Waals surface area contributed by atoms with E-state index in [9.17, 15) is 4.39 Å². The summed E-state index contributed by atoms with van der Waals surface area (Å²) < 4.78 is 19.8. The molecule has 1 unspecified atom stereocenters. The summed E-state index contributed by atoms with van der Waals surface area (Å²) in [7, 11) is 0. The van der Waals surface area contributed by atoms with Crippen LogP contribution in [0.3, 0.4) is 0 Å². The van der Waals surface area contributed by atoms with Crippen LogP contribution in [0.1, 0.15) is 18.4 Å². The van der Waals surface area contributed by atoms with E-state index in [2.05, 4.69) is 21.2 Å². The van der Waals surface area contributed by atoms with Crippen molar-refractivity contribution >= 4 is 15.9 Å². The zero-order valence-corrected chi connectivity index (χ0v) is 10.6. The van der Waals surface area contributed by atoms with Gasteiger partial charge in [-0.05, 0) is 37.6 Å². The normalized spacial score (nSPS) is 20.2. The highest BCUT2D eigenvalue weighted by Crippen LogP contribution is 2.16. The van der Waals surface area contributed by atoms with Crippen LogP contribution < -0.4 is 5.32 Å². The van der Waals surface area contributed by atoms with Crippen LogP contribution in [0.15, 0.2) is 22.7 Å². The summed E-state index contributed by atoms with van der Waals surface area (Å²) >= 11 is 3.32. The van der Waals surface area contributed by atoms with Crippen LogP contribution in [0.2, 0.25) is 0 Å². The minimum Gasteiger partial charge on any atom is -0.375 e. The maximum absolute atomic E-state index is 13.4. The molecule has 1 aliphatic rings. The number of hydrogen-bond donors (Lipinski definition) is 1. The van der Waals surface area contributed by atoms with Crippen LogP contribution in [-0.2, 0) is 11.3 Å². The van der Waals surface area contributed by atoms with Crippen LogP contribution >= 0.6 is 15.9 Å². The fraction of sp³-hybridized carbons (Fsp3) is 0.500. The molecule has 0 radical (unpaired) electrons. The molecule has 88 valence electrons. The van der Waals surface area contributed by atoms with Crippen LogP contribution in [0.4, 0.5) is 4.39 Å². The highest BCUT2D eigenvalue weighted by Gasteiger charge is 2.14. The molecule has 0 amide bonds. The Balaban J connectivity index is 1.82. The van der Waals surface area contributed by atoms with Gasteiger partial charge in [-0.1, -0.05) is 15.9 Å². The predicted octanol–water partition coefficient (Wildman–Crippen LogP) is 2.86. The lowest BCUT2D eigenvalue weighted by Gasteiger charge is -2.11. The van der Waals surface area contributed by atoms with Crippen LogP contribution in [0.25, 0.3) is 0 Å². The van der Waals surface area contributed by atoms with Crippen molar-refractivity contribution in [3.63, 3.8) is 0 Å². The molecule has 1 atom stereocenters. The largest absolute Gasteiger partial charge is 0.375 e. The summed E-state index contributed by atoms with van der Waals surface area (Å²) in [5.74, 6) is -0.206. The van der Waals surface area contributed by atoms with Gasteiger partial charge in [-0.3, -0.25) is 0 Å². The quantitative estimate of drug-likeness (QED) is 0.920. The van der Waals surface area contributed by atoms with Crippen LogP contribution in [-0.4, -0.2) is 19.2 Å². The molecule has 1 N–H and O–H groups in total. The first-order valence-corrected chi connectivity index (χ1v) is 6.30. The van der Waals surface area contributed by atoms with Crippen molar-refractivity contribution in [3.8, 4) is 0 Å². The van der Waals surface area contributed by atoms with Gasteiger partial charge in [-0.2, -0.15) is 0 Å². The van der Waals surface area contributed by atoms with E-state index in [0.717, 1.165) is 17.4 Å². The maximum Gasteiger partial charge on any atom is 0.128 e. The van der Waals surface area contributed by atoms with E-state index < -0.39 is 0 Å². The second-order valence-corrected chi connectivity index (χ2v) is 4.96. The third kappa shape index (κ3) is 3.27. The molecule has 4 heteroatoms. The van der Waals surface area contributed by atoms with E-state index in [4.69, 9.17) is 4.74 Å². The minimum atomic E-state index is -0.206. The van der Waals surface area contributed by atoms with E-state index in [1.807, 2.05) is 0 Å². The number of halogens is 2. The van der Waals surface area contributed by atoms with E-state index in [1.54, 1.807) is 12.1 Å². The average Bonchev–Trinajstić information content (AvgIpc) is 2.76. The third-order valence-electron chi connectivity index (χ3n) is 2.75. The molecular formula is C12H15BrFNO. The van der Waals surface area contributed by atoms with Gasteiger partial charge in [0, 0.05) is 16.1 Å². The Hall–Kier alpha value is -0.450. The number of ether oxygens (including phenoxy) is 1. The molecule has 0 saturated carbocycles. The average molecular weight is 288 g/mol. The highest BCUT2D eigenvalue weighted by atomic mass is 79.9. The number of rotatable bonds is 4. The molecule has 0 aliphatic carbocycles. The predicted molar refractivity (Wildman–Crippen MR) is 64.8 cm³/mol. The van der Waals surface area contributed by atoms with E-state index in [0.29, 0.717) is 24.8 Å². The Labute approximate surface area is 103 Å². The van der Waals surface area contributed by atoms with Crippen molar-refractivity contribution in [2.24, 2.45) is 0 Å². The number of benzene rings is 1. The topological polar surface area (TPSA) is 21.3 Å². The molecule has 1 saturated heterocycles. The third-order valence-corrected chi connectivity index (χ3v) is 3.24. The molecule has 0 bridgehead atoms. The Morgan fingerprint density at radius 2 is 2.38 bits per heavy atom. The highest BCUT2D eigenvalue weighted by molar-refractivity contribution is 9.10. The van der Waals surface area contributed by atoms with Crippen molar-refractivity contribution in [3.05, 3.63) is 34.1 Å². The number of nitrogens with one attached hydrogen (secondary N) is 1. The second kappa shape index (κ2) is 5.75. The maximum atomic E-state index is 13.4. The molecular weight excluding hydrogens is 273 g/mol. The molecule has 1 aliphatic heterocycles.